The van der Waals surface area contributed by atoms with Crippen LogP contribution in [0.15, 0.2) is 48.5 Å². The van der Waals surface area contributed by atoms with Gasteiger partial charge in [0.15, 0.2) is 0 Å². The first-order valence-corrected chi connectivity index (χ1v) is 6.94. The van der Waals surface area contributed by atoms with Crippen molar-refractivity contribution >= 4 is 29.3 Å². The van der Waals surface area contributed by atoms with Crippen molar-refractivity contribution in [2.75, 3.05) is 12.4 Å². The highest BCUT2D eigenvalue weighted by Gasteiger charge is 2.06. The fourth-order valence-corrected chi connectivity index (χ4v) is 2.02. The number of ether oxygens (including phenoxy) is 1. The normalized spacial score (nSPS) is 9.91. The molecule has 0 fully saturated rings. The molecule has 114 valence electrons. The van der Waals surface area contributed by atoms with Crippen LogP contribution in [0.3, 0.4) is 0 Å². The van der Waals surface area contributed by atoms with Gasteiger partial charge in [-0.1, -0.05) is 23.7 Å². The second-order valence-corrected chi connectivity index (χ2v) is 4.94. The van der Waals surface area contributed by atoms with Crippen molar-refractivity contribution in [3.8, 4) is 0 Å². The average Bonchev–Trinajstić information content (AvgIpc) is 2.53. The molecule has 0 unspecified atom stereocenters. The third-order valence-corrected chi connectivity index (χ3v) is 3.14. The summed E-state index contributed by atoms with van der Waals surface area (Å²) >= 11 is 5.88. The molecule has 0 saturated carbocycles. The number of carbonyl (C=O) groups excluding carboxylic acids is 2. The predicted molar refractivity (Wildman–Crippen MR) is 85.1 cm³/mol. The maximum absolute atomic E-state index is 11.8. The number of anilines is 1. The number of urea groups is 1. The van der Waals surface area contributed by atoms with Gasteiger partial charge in [-0.05, 0) is 42.0 Å². The van der Waals surface area contributed by atoms with Crippen molar-refractivity contribution in [1.82, 2.24) is 5.32 Å². The maximum atomic E-state index is 11.8. The molecule has 0 spiro atoms. The predicted octanol–water partition coefficient (Wildman–Crippen LogP) is 3.45. The fourth-order valence-electron chi connectivity index (χ4n) is 1.81. The van der Waals surface area contributed by atoms with Gasteiger partial charge in [0.25, 0.3) is 0 Å². The molecule has 6 heteroatoms. The molecule has 2 aromatic rings. The van der Waals surface area contributed by atoms with Gasteiger partial charge >= 0.3 is 12.0 Å². The standard InChI is InChI=1S/C16H15ClN2O3/c1-22-15(20)12-5-7-14(8-6-12)19-16(21)18-10-11-3-2-4-13(17)9-11/h2-9H,10H2,1H3,(H2,18,19,21). The topological polar surface area (TPSA) is 67.4 Å². The van der Waals surface area contributed by atoms with Crippen molar-refractivity contribution in [3.05, 3.63) is 64.7 Å². The van der Waals surface area contributed by atoms with Gasteiger partial charge in [-0.2, -0.15) is 0 Å². The third kappa shape index (κ3) is 4.49. The highest BCUT2D eigenvalue weighted by molar-refractivity contribution is 6.30. The number of benzene rings is 2. The van der Waals surface area contributed by atoms with Gasteiger partial charge in [0.05, 0.1) is 12.7 Å². The van der Waals surface area contributed by atoms with Gasteiger partial charge in [-0.25, -0.2) is 9.59 Å². The van der Waals surface area contributed by atoms with Crippen molar-refractivity contribution in [3.63, 3.8) is 0 Å². The van der Waals surface area contributed by atoms with E-state index in [1.54, 1.807) is 36.4 Å². The van der Waals surface area contributed by atoms with Gasteiger partial charge in [-0.15, -0.1) is 0 Å². The Balaban J connectivity index is 1.88. The molecule has 0 aliphatic rings. The summed E-state index contributed by atoms with van der Waals surface area (Å²) < 4.78 is 4.61. The molecule has 5 nitrogen and oxygen atoms in total. The Morgan fingerprint density at radius 3 is 2.50 bits per heavy atom. The summed E-state index contributed by atoms with van der Waals surface area (Å²) in [5.41, 5.74) is 1.91. The lowest BCUT2D eigenvalue weighted by Crippen LogP contribution is -2.28. The molecule has 0 radical (unpaired) electrons. The monoisotopic (exact) mass is 318 g/mol. The minimum atomic E-state index is -0.419. The Bertz CT molecular complexity index is 671. The van der Waals surface area contributed by atoms with Crippen LogP contribution in [0.25, 0.3) is 0 Å². The summed E-state index contributed by atoms with van der Waals surface area (Å²) in [4.78, 5) is 23.1. The fraction of sp³-hybridized carbons (Fsp3) is 0.125. The van der Waals surface area contributed by atoms with E-state index in [4.69, 9.17) is 11.6 Å². The minimum absolute atomic E-state index is 0.342. The number of amides is 2. The largest absolute Gasteiger partial charge is 0.465 e. The molecule has 2 amide bonds. The number of methoxy groups -OCH3 is 1. The number of carbonyl (C=O) groups is 2. The number of hydrogen-bond acceptors (Lipinski definition) is 3. The smallest absolute Gasteiger partial charge is 0.337 e. The summed E-state index contributed by atoms with van der Waals surface area (Å²) in [6.45, 7) is 0.368. The summed E-state index contributed by atoms with van der Waals surface area (Å²) in [6, 6.07) is 13.3. The molecule has 0 aromatic heterocycles. The molecule has 0 heterocycles. The lowest BCUT2D eigenvalue weighted by Gasteiger charge is -2.08. The van der Waals surface area contributed by atoms with E-state index in [-0.39, 0.29) is 6.03 Å². The molecule has 0 atom stereocenters. The van der Waals surface area contributed by atoms with Crippen LogP contribution in [0, 0.1) is 0 Å². The van der Waals surface area contributed by atoms with Crippen LogP contribution in [0.2, 0.25) is 5.02 Å². The zero-order chi connectivity index (χ0) is 15.9. The van der Waals surface area contributed by atoms with Gasteiger partial charge in [0, 0.05) is 17.3 Å². The Kier molecular flexibility index (Phi) is 5.38. The van der Waals surface area contributed by atoms with Crippen molar-refractivity contribution < 1.29 is 14.3 Å². The Morgan fingerprint density at radius 2 is 1.86 bits per heavy atom. The van der Waals surface area contributed by atoms with Gasteiger partial charge in [0.2, 0.25) is 0 Å². The van der Waals surface area contributed by atoms with Crippen LogP contribution < -0.4 is 10.6 Å². The van der Waals surface area contributed by atoms with Crippen LogP contribution in [0.4, 0.5) is 10.5 Å². The van der Waals surface area contributed by atoms with Crippen LogP contribution in [0.5, 0.6) is 0 Å². The zero-order valence-electron chi connectivity index (χ0n) is 11.9. The third-order valence-electron chi connectivity index (χ3n) is 2.91. The molecule has 0 bridgehead atoms. The highest BCUT2D eigenvalue weighted by atomic mass is 35.5. The zero-order valence-corrected chi connectivity index (χ0v) is 12.7. The first kappa shape index (κ1) is 15.9. The lowest BCUT2D eigenvalue weighted by atomic mass is 10.2. The second kappa shape index (κ2) is 7.47. The number of halogens is 1. The first-order valence-electron chi connectivity index (χ1n) is 6.56. The number of esters is 1. The molecule has 2 aromatic carbocycles. The van der Waals surface area contributed by atoms with E-state index in [2.05, 4.69) is 15.4 Å². The SMILES string of the molecule is COC(=O)c1ccc(NC(=O)NCc2cccc(Cl)c2)cc1. The molecule has 0 saturated heterocycles. The summed E-state index contributed by atoms with van der Waals surface area (Å²) in [7, 11) is 1.32. The summed E-state index contributed by atoms with van der Waals surface area (Å²) in [5, 5.41) is 6.02. The van der Waals surface area contributed by atoms with Crippen LogP contribution in [-0.2, 0) is 11.3 Å². The number of nitrogens with one attached hydrogen (secondary N) is 2. The molecule has 0 aliphatic carbocycles. The molecule has 0 aliphatic heterocycles. The van der Waals surface area contributed by atoms with E-state index in [0.717, 1.165) is 5.56 Å². The molecular formula is C16H15ClN2O3. The Hall–Kier alpha value is -2.53. The summed E-state index contributed by atoms with van der Waals surface area (Å²) in [6.07, 6.45) is 0. The molecule has 2 N–H and O–H groups in total. The number of hydrogen-bond donors (Lipinski definition) is 2. The van der Waals surface area contributed by atoms with Crippen molar-refractivity contribution in [2.24, 2.45) is 0 Å². The van der Waals surface area contributed by atoms with Crippen LogP contribution in [0.1, 0.15) is 15.9 Å². The maximum Gasteiger partial charge on any atom is 0.337 e. The lowest BCUT2D eigenvalue weighted by molar-refractivity contribution is 0.0601. The van der Waals surface area contributed by atoms with E-state index in [1.807, 2.05) is 12.1 Å². The highest BCUT2D eigenvalue weighted by Crippen LogP contribution is 2.12. The Labute approximate surface area is 133 Å². The molecular weight excluding hydrogens is 304 g/mol. The van der Waals surface area contributed by atoms with E-state index < -0.39 is 5.97 Å². The minimum Gasteiger partial charge on any atom is -0.465 e. The van der Waals surface area contributed by atoms with E-state index in [9.17, 15) is 9.59 Å². The van der Waals surface area contributed by atoms with Crippen LogP contribution in [-0.4, -0.2) is 19.1 Å². The van der Waals surface area contributed by atoms with Gasteiger partial charge in [-0.3, -0.25) is 0 Å². The van der Waals surface area contributed by atoms with E-state index in [1.165, 1.54) is 7.11 Å². The van der Waals surface area contributed by atoms with Crippen molar-refractivity contribution in [2.45, 2.75) is 6.54 Å². The van der Waals surface area contributed by atoms with Crippen LogP contribution >= 0.6 is 11.6 Å². The Morgan fingerprint density at radius 1 is 1.14 bits per heavy atom. The molecule has 2 rings (SSSR count). The van der Waals surface area contributed by atoms with E-state index >= 15 is 0 Å². The van der Waals surface area contributed by atoms with Crippen molar-refractivity contribution in [1.29, 1.82) is 0 Å². The van der Waals surface area contributed by atoms with E-state index in [0.29, 0.717) is 22.8 Å². The van der Waals surface area contributed by atoms with Gasteiger partial charge < -0.3 is 15.4 Å². The van der Waals surface area contributed by atoms with Gasteiger partial charge in [0.1, 0.15) is 0 Å². The second-order valence-electron chi connectivity index (χ2n) is 4.51. The number of rotatable bonds is 4. The first-order chi connectivity index (χ1) is 10.6. The summed E-state index contributed by atoms with van der Waals surface area (Å²) in [5.74, 6) is -0.419. The molecule has 22 heavy (non-hydrogen) atoms. The quantitative estimate of drug-likeness (QED) is 0.848. The average molecular weight is 319 g/mol.